The molecule has 174 valence electrons. The van der Waals surface area contributed by atoms with Crippen LogP contribution < -0.4 is 10.5 Å². The number of amides is 2. The first-order valence-electron chi connectivity index (χ1n) is 10.9. The maximum absolute atomic E-state index is 13.7. The predicted octanol–water partition coefficient (Wildman–Crippen LogP) is 0.828. The summed E-state index contributed by atoms with van der Waals surface area (Å²) in [5.41, 5.74) is -0.207. The second kappa shape index (κ2) is 8.24. The Kier molecular flexibility index (Phi) is 5.89. The molecule has 9 nitrogen and oxygen atoms in total. The molecule has 2 amide bonds. The van der Waals surface area contributed by atoms with Gasteiger partial charge in [-0.2, -0.15) is 0 Å². The molecule has 2 saturated heterocycles. The molecule has 10 heteroatoms. The number of carbonyl (C=O) groups excluding carboxylic acids is 3. The monoisotopic (exact) mass is 463 g/mol. The number of hydrogen-bond acceptors (Lipinski definition) is 6. The summed E-state index contributed by atoms with van der Waals surface area (Å²) in [4.78, 5) is 40.7. The van der Waals surface area contributed by atoms with Gasteiger partial charge in [-0.3, -0.25) is 14.4 Å². The van der Waals surface area contributed by atoms with Crippen molar-refractivity contribution in [3.05, 3.63) is 29.8 Å². The SMILES string of the molecule is C[C@@H]1CN(C(=O)[C@@H](NC(=O)c2ccc(S(N)(=O)=O)cc2)C2(C)CCCC2)[C@@H]2C(=O)CO[C@H]12. The van der Waals surface area contributed by atoms with E-state index in [2.05, 4.69) is 5.32 Å². The summed E-state index contributed by atoms with van der Waals surface area (Å²) in [6.45, 7) is 4.37. The summed E-state index contributed by atoms with van der Waals surface area (Å²) in [7, 11) is -3.87. The van der Waals surface area contributed by atoms with E-state index >= 15 is 0 Å². The van der Waals surface area contributed by atoms with Crippen molar-refractivity contribution in [3.63, 3.8) is 0 Å². The third kappa shape index (κ3) is 4.06. The Morgan fingerprint density at radius 1 is 1.22 bits per heavy atom. The van der Waals surface area contributed by atoms with E-state index in [4.69, 9.17) is 9.88 Å². The van der Waals surface area contributed by atoms with E-state index in [9.17, 15) is 22.8 Å². The Hall–Kier alpha value is -2.30. The number of likely N-dealkylation sites (tertiary alicyclic amines) is 1. The Balaban J connectivity index is 1.60. The Labute approximate surface area is 187 Å². The van der Waals surface area contributed by atoms with Gasteiger partial charge in [0.25, 0.3) is 5.91 Å². The molecule has 0 unspecified atom stereocenters. The van der Waals surface area contributed by atoms with Gasteiger partial charge in [0.05, 0.1) is 11.0 Å². The molecule has 0 aromatic heterocycles. The van der Waals surface area contributed by atoms with Crippen molar-refractivity contribution in [2.75, 3.05) is 13.2 Å². The lowest BCUT2D eigenvalue weighted by molar-refractivity contribution is -0.140. The molecule has 1 aliphatic carbocycles. The number of hydrogen-bond donors (Lipinski definition) is 2. The molecule has 0 spiro atoms. The lowest BCUT2D eigenvalue weighted by Gasteiger charge is -2.37. The van der Waals surface area contributed by atoms with E-state index in [1.807, 2.05) is 13.8 Å². The van der Waals surface area contributed by atoms with Crippen molar-refractivity contribution in [2.24, 2.45) is 16.5 Å². The minimum atomic E-state index is -3.87. The maximum atomic E-state index is 13.7. The highest BCUT2D eigenvalue weighted by molar-refractivity contribution is 7.89. The molecule has 4 atom stereocenters. The van der Waals surface area contributed by atoms with Crippen LogP contribution in [0.15, 0.2) is 29.2 Å². The fourth-order valence-corrected chi connectivity index (χ4v) is 5.82. The highest BCUT2D eigenvalue weighted by atomic mass is 32.2. The van der Waals surface area contributed by atoms with Gasteiger partial charge in [0, 0.05) is 18.0 Å². The molecule has 3 fully saturated rings. The van der Waals surface area contributed by atoms with Crippen molar-refractivity contribution in [2.45, 2.75) is 62.6 Å². The summed E-state index contributed by atoms with van der Waals surface area (Å²) >= 11 is 0. The molecule has 3 aliphatic rings. The molecular formula is C22H29N3O6S. The average molecular weight is 464 g/mol. The van der Waals surface area contributed by atoms with Crippen LogP contribution in [0.4, 0.5) is 0 Å². The van der Waals surface area contributed by atoms with Crippen molar-refractivity contribution >= 4 is 27.6 Å². The molecule has 0 radical (unpaired) electrons. The van der Waals surface area contributed by atoms with Crippen LogP contribution in [0.1, 0.15) is 49.9 Å². The van der Waals surface area contributed by atoms with E-state index in [1.54, 1.807) is 4.90 Å². The Morgan fingerprint density at radius 2 is 1.84 bits per heavy atom. The fraction of sp³-hybridized carbons (Fsp3) is 0.591. The van der Waals surface area contributed by atoms with E-state index in [0.29, 0.717) is 6.54 Å². The summed E-state index contributed by atoms with van der Waals surface area (Å²) in [6.07, 6.45) is 3.20. The number of primary sulfonamides is 1. The molecule has 1 aromatic carbocycles. The molecule has 2 aliphatic heterocycles. The van der Waals surface area contributed by atoms with Gasteiger partial charge in [-0.25, -0.2) is 13.6 Å². The number of nitrogens with one attached hydrogen (secondary N) is 1. The van der Waals surface area contributed by atoms with Crippen molar-refractivity contribution < 1.29 is 27.5 Å². The van der Waals surface area contributed by atoms with Gasteiger partial charge in [0.1, 0.15) is 18.7 Å². The third-order valence-corrected chi connectivity index (χ3v) is 8.06. The summed E-state index contributed by atoms with van der Waals surface area (Å²) in [5.74, 6) is -0.806. The maximum Gasteiger partial charge on any atom is 0.251 e. The average Bonchev–Trinajstić information content (AvgIpc) is 3.43. The molecule has 1 aromatic rings. The number of sulfonamides is 1. The standard InChI is InChI=1S/C22H29N3O6S/c1-13-11-25(17-16(26)12-31-18(13)17)21(28)19(22(2)9-3-4-10-22)24-20(27)14-5-7-15(8-6-14)32(23,29)30/h5-8,13,17-19H,3-4,9-12H2,1-2H3,(H,24,27)(H2,23,29,30)/t13-,17-,18-,19-/m1/s1. The van der Waals surface area contributed by atoms with Gasteiger partial charge in [-0.1, -0.05) is 26.7 Å². The van der Waals surface area contributed by atoms with Gasteiger partial charge in [0.2, 0.25) is 15.9 Å². The largest absolute Gasteiger partial charge is 0.367 e. The second-order valence-corrected chi connectivity index (χ2v) is 11.1. The number of fused-ring (bicyclic) bond motifs is 1. The number of carbonyl (C=O) groups is 3. The zero-order valence-corrected chi connectivity index (χ0v) is 19.1. The molecule has 4 rings (SSSR count). The highest BCUT2D eigenvalue weighted by Gasteiger charge is 2.54. The minimum absolute atomic E-state index is 0.00808. The van der Waals surface area contributed by atoms with Gasteiger partial charge in [-0.05, 0) is 42.5 Å². The molecule has 3 N–H and O–H groups in total. The number of ether oxygens (including phenoxy) is 1. The smallest absolute Gasteiger partial charge is 0.251 e. The topological polar surface area (TPSA) is 136 Å². The van der Waals surface area contributed by atoms with Crippen LogP contribution in [0, 0.1) is 11.3 Å². The van der Waals surface area contributed by atoms with Crippen molar-refractivity contribution in [3.8, 4) is 0 Å². The predicted molar refractivity (Wildman–Crippen MR) is 115 cm³/mol. The van der Waals surface area contributed by atoms with E-state index < -0.39 is 33.4 Å². The van der Waals surface area contributed by atoms with Crippen LogP contribution in [0.2, 0.25) is 0 Å². The lowest BCUT2D eigenvalue weighted by Crippen LogP contribution is -2.57. The van der Waals surface area contributed by atoms with Gasteiger partial charge < -0.3 is 15.0 Å². The fourth-order valence-electron chi connectivity index (χ4n) is 5.30. The van der Waals surface area contributed by atoms with Gasteiger partial charge in [0.15, 0.2) is 5.78 Å². The van der Waals surface area contributed by atoms with Crippen LogP contribution in [0.3, 0.4) is 0 Å². The Morgan fingerprint density at radius 3 is 2.44 bits per heavy atom. The van der Waals surface area contributed by atoms with Gasteiger partial charge in [-0.15, -0.1) is 0 Å². The zero-order valence-electron chi connectivity index (χ0n) is 18.2. The minimum Gasteiger partial charge on any atom is -0.367 e. The Bertz CT molecular complexity index is 1030. The zero-order chi connectivity index (χ0) is 23.3. The second-order valence-electron chi connectivity index (χ2n) is 9.49. The van der Waals surface area contributed by atoms with Crippen LogP contribution in [-0.4, -0.2) is 62.3 Å². The van der Waals surface area contributed by atoms with E-state index in [0.717, 1.165) is 25.7 Å². The number of benzene rings is 1. The van der Waals surface area contributed by atoms with Crippen LogP contribution >= 0.6 is 0 Å². The molecule has 2 heterocycles. The van der Waals surface area contributed by atoms with Crippen molar-refractivity contribution in [1.29, 1.82) is 0 Å². The third-order valence-electron chi connectivity index (χ3n) is 7.13. The number of Topliss-reactive ketones (excluding diaryl/α,β-unsaturated/α-hetero) is 1. The first-order valence-corrected chi connectivity index (χ1v) is 12.4. The first-order chi connectivity index (χ1) is 15.0. The summed E-state index contributed by atoms with van der Waals surface area (Å²) in [5, 5.41) is 8.02. The number of nitrogens with two attached hydrogens (primary N) is 1. The summed E-state index contributed by atoms with van der Waals surface area (Å²) < 4.78 is 28.6. The van der Waals surface area contributed by atoms with Crippen LogP contribution in [0.5, 0.6) is 0 Å². The van der Waals surface area contributed by atoms with Crippen LogP contribution in [-0.2, 0) is 24.3 Å². The normalized spacial score (nSPS) is 27.9. The lowest BCUT2D eigenvalue weighted by atomic mass is 9.79. The number of ketones is 1. The number of rotatable bonds is 5. The quantitative estimate of drug-likeness (QED) is 0.664. The number of nitrogens with zero attached hydrogens (tertiary/aromatic N) is 1. The molecule has 32 heavy (non-hydrogen) atoms. The van der Waals surface area contributed by atoms with Crippen molar-refractivity contribution in [1.82, 2.24) is 10.2 Å². The van der Waals surface area contributed by atoms with Gasteiger partial charge >= 0.3 is 0 Å². The highest BCUT2D eigenvalue weighted by Crippen LogP contribution is 2.42. The van der Waals surface area contributed by atoms with E-state index in [1.165, 1.54) is 24.3 Å². The van der Waals surface area contributed by atoms with E-state index in [-0.39, 0.29) is 40.8 Å². The first kappa shape index (κ1) is 22.9. The van der Waals surface area contributed by atoms with Crippen LogP contribution in [0.25, 0.3) is 0 Å². The molecule has 0 bridgehead atoms. The molecule has 1 saturated carbocycles. The summed E-state index contributed by atoms with van der Waals surface area (Å²) in [6, 6.07) is 3.87. The molecular weight excluding hydrogens is 434 g/mol.